The minimum absolute atomic E-state index is 0.0317. The van der Waals surface area contributed by atoms with E-state index >= 15 is 0 Å². The summed E-state index contributed by atoms with van der Waals surface area (Å²) in [6.45, 7) is 4.29. The van der Waals surface area contributed by atoms with Crippen LogP contribution in [0.1, 0.15) is 25.8 Å². The maximum Gasteiger partial charge on any atom is 0.243 e. The van der Waals surface area contributed by atoms with Crippen LogP contribution in [0.15, 0.2) is 18.2 Å². The molecule has 6 heteroatoms. The van der Waals surface area contributed by atoms with Crippen LogP contribution in [0.5, 0.6) is 0 Å². The van der Waals surface area contributed by atoms with Gasteiger partial charge in [0.1, 0.15) is 6.04 Å². The summed E-state index contributed by atoms with van der Waals surface area (Å²) in [6.07, 6.45) is 0.811. The largest absolute Gasteiger partial charge is 0.345 e. The summed E-state index contributed by atoms with van der Waals surface area (Å²) in [4.78, 5) is 25.9. The number of nitrogens with zero attached hydrogens (tertiary/aromatic N) is 1. The molecule has 2 rings (SSSR count). The molecule has 0 bridgehead atoms. The van der Waals surface area contributed by atoms with Gasteiger partial charge < -0.3 is 10.2 Å². The lowest BCUT2D eigenvalue weighted by Crippen LogP contribution is -2.60. The third kappa shape index (κ3) is 3.33. The van der Waals surface area contributed by atoms with E-state index in [4.69, 9.17) is 23.2 Å². The number of carbonyl (C=O) groups is 2. The standard InChI is InChI=1S/C15H18Cl2N2O2/c1-3-9(2)14-15(21)18-7-12(20)19(14)8-10-5-4-6-11(16)13(10)17/h4-6,9,14H,3,7-8H2,1-2H3,(H,18,21). The zero-order valence-corrected chi connectivity index (χ0v) is 13.5. The normalized spacial score (nSPS) is 20.4. The summed E-state index contributed by atoms with van der Waals surface area (Å²) in [6, 6.07) is 4.84. The molecule has 1 aromatic rings. The van der Waals surface area contributed by atoms with E-state index in [9.17, 15) is 9.59 Å². The lowest BCUT2D eigenvalue weighted by atomic mass is 9.94. The number of piperazine rings is 1. The Labute approximate surface area is 134 Å². The van der Waals surface area contributed by atoms with Gasteiger partial charge in [-0.2, -0.15) is 0 Å². The van der Waals surface area contributed by atoms with Crippen LogP contribution in [0.3, 0.4) is 0 Å². The fourth-order valence-corrected chi connectivity index (χ4v) is 2.87. The maximum absolute atomic E-state index is 12.2. The molecule has 1 aliphatic heterocycles. The van der Waals surface area contributed by atoms with Crippen LogP contribution < -0.4 is 5.32 Å². The Kier molecular flexibility index (Phi) is 5.12. The van der Waals surface area contributed by atoms with Crippen LogP contribution in [0.4, 0.5) is 0 Å². The van der Waals surface area contributed by atoms with E-state index in [1.807, 2.05) is 19.9 Å². The Morgan fingerprint density at radius 3 is 2.76 bits per heavy atom. The highest BCUT2D eigenvalue weighted by Gasteiger charge is 2.37. The molecule has 2 amide bonds. The van der Waals surface area contributed by atoms with Crippen molar-refractivity contribution in [3.63, 3.8) is 0 Å². The molecule has 1 fully saturated rings. The smallest absolute Gasteiger partial charge is 0.243 e. The summed E-state index contributed by atoms with van der Waals surface area (Å²) in [7, 11) is 0. The quantitative estimate of drug-likeness (QED) is 0.923. The maximum atomic E-state index is 12.2. The molecular weight excluding hydrogens is 311 g/mol. The molecule has 1 heterocycles. The number of carbonyl (C=O) groups excluding carboxylic acids is 2. The third-order valence-corrected chi connectivity index (χ3v) is 4.75. The number of nitrogens with one attached hydrogen (secondary N) is 1. The minimum atomic E-state index is -0.466. The highest BCUT2D eigenvalue weighted by atomic mass is 35.5. The molecule has 1 saturated heterocycles. The van der Waals surface area contributed by atoms with Crippen LogP contribution in [0.2, 0.25) is 10.0 Å². The predicted octanol–water partition coefficient (Wildman–Crippen LogP) is 2.87. The zero-order valence-electron chi connectivity index (χ0n) is 12.0. The molecular formula is C15H18Cl2N2O2. The van der Waals surface area contributed by atoms with E-state index < -0.39 is 6.04 Å². The van der Waals surface area contributed by atoms with Crippen molar-refractivity contribution in [3.8, 4) is 0 Å². The summed E-state index contributed by atoms with van der Waals surface area (Å²) in [5.74, 6) is -0.134. The summed E-state index contributed by atoms with van der Waals surface area (Å²) < 4.78 is 0. The van der Waals surface area contributed by atoms with Gasteiger partial charge in [0, 0.05) is 6.54 Å². The molecule has 2 atom stereocenters. The fourth-order valence-electron chi connectivity index (χ4n) is 2.49. The van der Waals surface area contributed by atoms with Gasteiger partial charge in [-0.05, 0) is 17.5 Å². The van der Waals surface area contributed by atoms with Gasteiger partial charge in [-0.25, -0.2) is 0 Å². The van der Waals surface area contributed by atoms with E-state index in [1.165, 1.54) is 0 Å². The van der Waals surface area contributed by atoms with Crippen molar-refractivity contribution in [1.29, 1.82) is 0 Å². The van der Waals surface area contributed by atoms with Crippen molar-refractivity contribution in [2.24, 2.45) is 5.92 Å². The predicted molar refractivity (Wildman–Crippen MR) is 83.3 cm³/mol. The van der Waals surface area contributed by atoms with Gasteiger partial charge in [0.05, 0.1) is 16.6 Å². The van der Waals surface area contributed by atoms with Crippen molar-refractivity contribution in [2.75, 3.05) is 6.54 Å². The first-order valence-corrected chi connectivity index (χ1v) is 7.71. The summed E-state index contributed by atoms with van der Waals surface area (Å²) in [5.41, 5.74) is 0.750. The Morgan fingerprint density at radius 1 is 1.38 bits per heavy atom. The van der Waals surface area contributed by atoms with E-state index in [1.54, 1.807) is 17.0 Å². The van der Waals surface area contributed by atoms with Gasteiger partial charge in [0.25, 0.3) is 0 Å². The monoisotopic (exact) mass is 328 g/mol. The number of halogens is 2. The lowest BCUT2D eigenvalue weighted by Gasteiger charge is -2.38. The van der Waals surface area contributed by atoms with Crippen molar-refractivity contribution >= 4 is 35.0 Å². The first kappa shape index (κ1) is 16.1. The number of hydrogen-bond donors (Lipinski definition) is 1. The molecule has 1 aliphatic rings. The molecule has 0 aliphatic carbocycles. The van der Waals surface area contributed by atoms with Gasteiger partial charge in [-0.1, -0.05) is 55.6 Å². The highest BCUT2D eigenvalue weighted by Crippen LogP contribution is 2.28. The molecule has 0 aromatic heterocycles. The second-order valence-electron chi connectivity index (χ2n) is 5.28. The number of rotatable bonds is 4. The average molecular weight is 329 g/mol. The molecule has 2 unspecified atom stereocenters. The van der Waals surface area contributed by atoms with Crippen LogP contribution in [-0.2, 0) is 16.1 Å². The van der Waals surface area contributed by atoms with Gasteiger partial charge in [0.2, 0.25) is 11.8 Å². The molecule has 4 nitrogen and oxygen atoms in total. The van der Waals surface area contributed by atoms with E-state index in [2.05, 4.69) is 5.32 Å². The van der Waals surface area contributed by atoms with Crippen LogP contribution in [0.25, 0.3) is 0 Å². The van der Waals surface area contributed by atoms with Crippen LogP contribution in [-0.4, -0.2) is 29.3 Å². The van der Waals surface area contributed by atoms with Crippen molar-refractivity contribution < 1.29 is 9.59 Å². The van der Waals surface area contributed by atoms with E-state index in [0.717, 1.165) is 12.0 Å². The summed E-state index contributed by atoms with van der Waals surface area (Å²) in [5, 5.41) is 3.53. The Bertz CT molecular complexity index is 563. The molecule has 21 heavy (non-hydrogen) atoms. The first-order valence-electron chi connectivity index (χ1n) is 6.95. The Balaban J connectivity index is 2.31. The Morgan fingerprint density at radius 2 is 2.10 bits per heavy atom. The zero-order chi connectivity index (χ0) is 15.6. The van der Waals surface area contributed by atoms with Crippen molar-refractivity contribution in [2.45, 2.75) is 32.9 Å². The SMILES string of the molecule is CCC(C)C1C(=O)NCC(=O)N1Cc1cccc(Cl)c1Cl. The topological polar surface area (TPSA) is 49.4 Å². The summed E-state index contributed by atoms with van der Waals surface area (Å²) >= 11 is 12.2. The highest BCUT2D eigenvalue weighted by molar-refractivity contribution is 6.42. The van der Waals surface area contributed by atoms with Gasteiger partial charge in [-0.3, -0.25) is 9.59 Å². The molecule has 0 spiro atoms. The van der Waals surface area contributed by atoms with Gasteiger partial charge >= 0.3 is 0 Å². The fraction of sp³-hybridized carbons (Fsp3) is 0.467. The van der Waals surface area contributed by atoms with E-state index in [-0.39, 0.29) is 24.3 Å². The molecule has 1 aromatic carbocycles. The second kappa shape index (κ2) is 6.67. The molecule has 114 valence electrons. The average Bonchev–Trinajstić information content (AvgIpc) is 2.47. The number of hydrogen-bond acceptors (Lipinski definition) is 2. The third-order valence-electron chi connectivity index (χ3n) is 3.89. The molecule has 1 N–H and O–H groups in total. The molecule has 0 saturated carbocycles. The molecule has 0 radical (unpaired) electrons. The minimum Gasteiger partial charge on any atom is -0.345 e. The number of amides is 2. The van der Waals surface area contributed by atoms with Crippen LogP contribution in [0, 0.1) is 5.92 Å². The van der Waals surface area contributed by atoms with Crippen molar-refractivity contribution in [3.05, 3.63) is 33.8 Å². The second-order valence-corrected chi connectivity index (χ2v) is 6.07. The van der Waals surface area contributed by atoms with Gasteiger partial charge in [-0.15, -0.1) is 0 Å². The Hall–Kier alpha value is -1.26. The number of benzene rings is 1. The van der Waals surface area contributed by atoms with Crippen molar-refractivity contribution in [1.82, 2.24) is 10.2 Å². The van der Waals surface area contributed by atoms with E-state index in [0.29, 0.717) is 16.6 Å². The van der Waals surface area contributed by atoms with Gasteiger partial charge in [0.15, 0.2) is 0 Å². The first-order chi connectivity index (χ1) is 9.95. The lowest BCUT2D eigenvalue weighted by molar-refractivity contribution is -0.148. The van der Waals surface area contributed by atoms with Crippen LogP contribution >= 0.6 is 23.2 Å².